The minimum atomic E-state index is -0.696. The van der Waals surface area contributed by atoms with Crippen LogP contribution in [0, 0.1) is 5.92 Å². The summed E-state index contributed by atoms with van der Waals surface area (Å²) in [7, 11) is 0. The van der Waals surface area contributed by atoms with Gasteiger partial charge < -0.3 is 4.74 Å². The molecule has 27 heavy (non-hydrogen) atoms. The molecule has 1 atom stereocenters. The normalized spacial score (nSPS) is 16.3. The second-order valence-electron chi connectivity index (χ2n) is 8.13. The fourth-order valence-corrected chi connectivity index (χ4v) is 3.72. The molecule has 1 unspecified atom stereocenters. The van der Waals surface area contributed by atoms with Gasteiger partial charge in [-0.3, -0.25) is 4.79 Å². The smallest absolute Gasteiger partial charge is 0.314 e. The van der Waals surface area contributed by atoms with Crippen LogP contribution >= 0.6 is 0 Å². The van der Waals surface area contributed by atoms with Crippen LogP contribution in [0.2, 0.25) is 0 Å². The number of unbranched alkanes of at least 4 members (excludes halogenated alkanes) is 11. The van der Waals surface area contributed by atoms with E-state index >= 15 is 0 Å². The van der Waals surface area contributed by atoms with Crippen LogP contribution in [-0.2, 0) is 19.3 Å². The zero-order valence-electron chi connectivity index (χ0n) is 18.2. The minimum Gasteiger partial charge on any atom is -0.465 e. The average Bonchev–Trinajstić information content (AvgIpc) is 3.45. The van der Waals surface area contributed by atoms with Crippen molar-refractivity contribution in [3.8, 4) is 0 Å². The Hall–Kier alpha value is -0.610. The van der Waals surface area contributed by atoms with Crippen molar-refractivity contribution < 1.29 is 19.3 Å². The maximum Gasteiger partial charge on any atom is 0.314 e. The maximum atomic E-state index is 12.6. The van der Waals surface area contributed by atoms with E-state index in [2.05, 4.69) is 20.8 Å². The van der Waals surface area contributed by atoms with Gasteiger partial charge in [0.25, 0.3) is 0 Å². The molecule has 0 aromatic heterocycles. The van der Waals surface area contributed by atoms with Crippen molar-refractivity contribution in [1.82, 2.24) is 0 Å². The molecule has 1 heterocycles. The molecule has 4 heteroatoms. The Morgan fingerprint density at radius 1 is 0.741 bits per heavy atom. The summed E-state index contributed by atoms with van der Waals surface area (Å²) in [6.45, 7) is 7.09. The van der Waals surface area contributed by atoms with E-state index in [1.165, 1.54) is 64.2 Å². The van der Waals surface area contributed by atoms with E-state index in [4.69, 9.17) is 14.5 Å². The summed E-state index contributed by atoms with van der Waals surface area (Å²) in [5.74, 6) is -1.10. The summed E-state index contributed by atoms with van der Waals surface area (Å²) in [4.78, 5) is 23.3. The van der Waals surface area contributed by atoms with Gasteiger partial charge in [0, 0.05) is 6.42 Å². The van der Waals surface area contributed by atoms with E-state index in [0.717, 1.165) is 38.5 Å². The molecule has 0 amide bonds. The van der Waals surface area contributed by atoms with E-state index < -0.39 is 5.79 Å². The topological polar surface area (TPSA) is 51.4 Å². The zero-order valence-corrected chi connectivity index (χ0v) is 18.2. The Morgan fingerprint density at radius 3 is 1.78 bits per heavy atom. The van der Waals surface area contributed by atoms with Gasteiger partial charge in [-0.05, 0) is 19.3 Å². The molecule has 0 radical (unpaired) electrons. The van der Waals surface area contributed by atoms with Crippen LogP contribution in [-0.4, -0.2) is 18.4 Å². The Kier molecular flexibility index (Phi) is 13.9. The first-order valence-electron chi connectivity index (χ1n) is 11.7. The van der Waals surface area contributed by atoms with Gasteiger partial charge in [0.2, 0.25) is 5.79 Å². The number of ether oxygens (including phenoxy) is 1. The van der Waals surface area contributed by atoms with Gasteiger partial charge in [-0.15, -0.1) is 0 Å². The van der Waals surface area contributed by atoms with E-state index in [1.54, 1.807) is 0 Å². The van der Waals surface area contributed by atoms with Gasteiger partial charge in [-0.25, -0.2) is 0 Å². The molecule has 0 aliphatic carbocycles. The SMILES string of the molecule is CCCCCCCCCOC(=O)C(CCC)C1(CCCCCCCC)OO1. The number of esters is 1. The number of hydrogen-bond donors (Lipinski definition) is 0. The van der Waals surface area contributed by atoms with E-state index in [0.29, 0.717) is 6.61 Å². The predicted molar refractivity (Wildman–Crippen MR) is 110 cm³/mol. The molecule has 0 aromatic carbocycles. The fourth-order valence-electron chi connectivity index (χ4n) is 3.72. The highest BCUT2D eigenvalue weighted by Gasteiger charge is 2.58. The Bertz CT molecular complexity index is 365. The Morgan fingerprint density at radius 2 is 1.26 bits per heavy atom. The maximum absolute atomic E-state index is 12.6. The van der Waals surface area contributed by atoms with Crippen molar-refractivity contribution in [3.05, 3.63) is 0 Å². The molecular weight excluding hydrogens is 340 g/mol. The van der Waals surface area contributed by atoms with E-state index in [9.17, 15) is 4.79 Å². The van der Waals surface area contributed by atoms with Gasteiger partial charge in [0.1, 0.15) is 5.92 Å². The molecule has 0 aromatic rings. The summed E-state index contributed by atoms with van der Waals surface area (Å²) >= 11 is 0. The van der Waals surface area contributed by atoms with Crippen LogP contribution in [0.3, 0.4) is 0 Å². The van der Waals surface area contributed by atoms with Crippen molar-refractivity contribution >= 4 is 5.97 Å². The van der Waals surface area contributed by atoms with Crippen molar-refractivity contribution in [2.75, 3.05) is 6.61 Å². The molecule has 1 rings (SSSR count). The van der Waals surface area contributed by atoms with Gasteiger partial charge in [0.05, 0.1) is 6.61 Å². The summed E-state index contributed by atoms with van der Waals surface area (Å²) in [6.07, 6.45) is 18.4. The molecule has 1 aliphatic rings. The van der Waals surface area contributed by atoms with Gasteiger partial charge in [0.15, 0.2) is 0 Å². The first kappa shape index (κ1) is 24.4. The highest BCUT2D eigenvalue weighted by Crippen LogP contribution is 2.44. The number of carbonyl (C=O) groups excluding carboxylic acids is 1. The van der Waals surface area contributed by atoms with E-state index in [1.807, 2.05) is 0 Å². The van der Waals surface area contributed by atoms with Crippen molar-refractivity contribution in [1.29, 1.82) is 0 Å². The number of hydrogen-bond acceptors (Lipinski definition) is 4. The van der Waals surface area contributed by atoms with Crippen LogP contribution in [0.5, 0.6) is 0 Å². The quantitative estimate of drug-likeness (QED) is 0.103. The second kappa shape index (κ2) is 15.3. The lowest BCUT2D eigenvalue weighted by Crippen LogP contribution is -2.33. The van der Waals surface area contributed by atoms with E-state index in [-0.39, 0.29) is 11.9 Å². The Balaban J connectivity index is 2.23. The van der Waals surface area contributed by atoms with Gasteiger partial charge in [-0.1, -0.05) is 97.8 Å². The number of carbonyl (C=O) groups is 1. The fraction of sp³-hybridized carbons (Fsp3) is 0.957. The van der Waals surface area contributed by atoms with Crippen molar-refractivity contribution in [2.24, 2.45) is 5.92 Å². The molecule has 1 aliphatic heterocycles. The lowest BCUT2D eigenvalue weighted by Gasteiger charge is -2.19. The van der Waals surface area contributed by atoms with Crippen LogP contribution < -0.4 is 0 Å². The molecule has 1 fully saturated rings. The third-order valence-corrected chi connectivity index (χ3v) is 5.56. The Labute approximate surface area is 167 Å². The predicted octanol–water partition coefficient (Wildman–Crippen LogP) is 7.11. The van der Waals surface area contributed by atoms with Gasteiger partial charge >= 0.3 is 5.97 Å². The average molecular weight is 385 g/mol. The summed E-state index contributed by atoms with van der Waals surface area (Å²) in [5, 5.41) is 0. The third kappa shape index (κ3) is 10.5. The molecule has 4 nitrogen and oxygen atoms in total. The summed E-state index contributed by atoms with van der Waals surface area (Å²) in [6, 6.07) is 0. The molecule has 1 saturated heterocycles. The van der Waals surface area contributed by atoms with Crippen LogP contribution in [0.25, 0.3) is 0 Å². The lowest BCUT2D eigenvalue weighted by molar-refractivity contribution is -0.152. The van der Waals surface area contributed by atoms with Crippen molar-refractivity contribution in [3.63, 3.8) is 0 Å². The third-order valence-electron chi connectivity index (χ3n) is 5.56. The monoisotopic (exact) mass is 384 g/mol. The highest BCUT2D eigenvalue weighted by molar-refractivity contribution is 5.73. The first-order chi connectivity index (χ1) is 13.2. The summed E-state index contributed by atoms with van der Waals surface area (Å²) in [5.41, 5.74) is 0. The van der Waals surface area contributed by atoms with Crippen LogP contribution in [0.1, 0.15) is 124 Å². The molecule has 0 bridgehead atoms. The molecule has 0 saturated carbocycles. The molecule has 0 spiro atoms. The molecule has 0 N–H and O–H groups in total. The van der Waals surface area contributed by atoms with Crippen LogP contribution in [0.4, 0.5) is 0 Å². The first-order valence-corrected chi connectivity index (χ1v) is 11.7. The van der Waals surface area contributed by atoms with Crippen molar-refractivity contribution in [2.45, 2.75) is 129 Å². The molecule has 160 valence electrons. The largest absolute Gasteiger partial charge is 0.465 e. The standard InChI is InChI=1S/C23H44O4/c1-4-7-9-11-13-15-17-20-25-22(24)21(18-6-3)23(26-27-23)19-16-14-12-10-8-5-2/h21H,4-20H2,1-3H3. The van der Waals surface area contributed by atoms with Gasteiger partial charge in [-0.2, -0.15) is 9.78 Å². The lowest BCUT2D eigenvalue weighted by atomic mass is 9.90. The minimum absolute atomic E-state index is 0.133. The highest BCUT2D eigenvalue weighted by atomic mass is 17.4. The zero-order chi connectivity index (χ0) is 19.8. The van der Waals surface area contributed by atoms with Crippen LogP contribution in [0.15, 0.2) is 0 Å². The molecular formula is C23H44O4. The number of rotatable bonds is 19. The summed E-state index contributed by atoms with van der Waals surface area (Å²) < 4.78 is 5.57. The second-order valence-corrected chi connectivity index (χ2v) is 8.13.